The first-order valence-corrected chi connectivity index (χ1v) is 6.93. The standard InChI is InChI=1S/C17H24N2O/c1-17(2,3)14-6-7-16(20-5)15(10-14)18-11-13-8-9-19(4)12-13/h6-10,12,18H,11H2,1-5H3. The molecule has 0 spiro atoms. The van der Waals surface area contributed by atoms with Gasteiger partial charge < -0.3 is 14.6 Å². The van der Waals surface area contributed by atoms with E-state index >= 15 is 0 Å². The van der Waals surface area contributed by atoms with Gasteiger partial charge in [-0.25, -0.2) is 0 Å². The Hall–Kier alpha value is -1.90. The molecule has 3 heteroatoms. The molecule has 0 radical (unpaired) electrons. The van der Waals surface area contributed by atoms with Gasteiger partial charge in [-0.05, 0) is 34.7 Å². The fourth-order valence-electron chi connectivity index (χ4n) is 2.18. The third-order valence-corrected chi connectivity index (χ3v) is 3.44. The van der Waals surface area contributed by atoms with Crippen molar-refractivity contribution in [3.05, 3.63) is 47.8 Å². The first-order valence-electron chi connectivity index (χ1n) is 6.93. The van der Waals surface area contributed by atoms with Gasteiger partial charge >= 0.3 is 0 Å². The number of nitrogens with zero attached hydrogens (tertiary/aromatic N) is 1. The molecule has 1 heterocycles. The summed E-state index contributed by atoms with van der Waals surface area (Å²) in [5.41, 5.74) is 3.74. The Morgan fingerprint density at radius 3 is 2.50 bits per heavy atom. The predicted octanol–water partition coefficient (Wildman–Crippen LogP) is 3.94. The lowest BCUT2D eigenvalue weighted by Crippen LogP contribution is -2.12. The van der Waals surface area contributed by atoms with E-state index in [1.807, 2.05) is 13.1 Å². The van der Waals surface area contributed by atoms with Crippen molar-refractivity contribution in [2.75, 3.05) is 12.4 Å². The number of anilines is 1. The van der Waals surface area contributed by atoms with Gasteiger partial charge in [-0.15, -0.1) is 0 Å². The van der Waals surface area contributed by atoms with Crippen LogP contribution in [0.4, 0.5) is 5.69 Å². The Bertz CT molecular complexity index is 579. The van der Waals surface area contributed by atoms with Crippen molar-refractivity contribution < 1.29 is 4.74 Å². The Kier molecular flexibility index (Phi) is 4.07. The van der Waals surface area contributed by atoms with Crippen molar-refractivity contribution in [2.24, 2.45) is 7.05 Å². The van der Waals surface area contributed by atoms with E-state index in [0.29, 0.717) is 0 Å². The van der Waals surface area contributed by atoms with Gasteiger partial charge in [0.25, 0.3) is 0 Å². The van der Waals surface area contributed by atoms with Crippen LogP contribution in [0.2, 0.25) is 0 Å². The number of nitrogens with one attached hydrogen (secondary N) is 1. The van der Waals surface area contributed by atoms with Crippen LogP contribution >= 0.6 is 0 Å². The summed E-state index contributed by atoms with van der Waals surface area (Å²) in [6.45, 7) is 7.45. The maximum Gasteiger partial charge on any atom is 0.141 e. The number of aromatic nitrogens is 1. The average molecular weight is 272 g/mol. The Balaban J connectivity index is 2.20. The van der Waals surface area contributed by atoms with Crippen molar-refractivity contribution in [2.45, 2.75) is 32.7 Å². The molecule has 0 aliphatic carbocycles. The van der Waals surface area contributed by atoms with Gasteiger partial charge in [0.05, 0.1) is 12.8 Å². The van der Waals surface area contributed by atoms with E-state index < -0.39 is 0 Å². The average Bonchev–Trinajstić information content (AvgIpc) is 2.80. The summed E-state index contributed by atoms with van der Waals surface area (Å²) in [6, 6.07) is 8.47. The van der Waals surface area contributed by atoms with Gasteiger partial charge in [-0.1, -0.05) is 26.8 Å². The molecule has 0 atom stereocenters. The molecule has 0 unspecified atom stereocenters. The maximum absolute atomic E-state index is 5.44. The van der Waals surface area contributed by atoms with Crippen molar-refractivity contribution in [1.29, 1.82) is 0 Å². The molecule has 108 valence electrons. The van der Waals surface area contributed by atoms with Gasteiger partial charge in [0.2, 0.25) is 0 Å². The van der Waals surface area contributed by atoms with Crippen LogP contribution in [0.15, 0.2) is 36.7 Å². The molecule has 0 aliphatic heterocycles. The lowest BCUT2D eigenvalue weighted by Gasteiger charge is -2.21. The molecule has 1 aromatic heterocycles. The van der Waals surface area contributed by atoms with Crippen LogP contribution in [0.3, 0.4) is 0 Å². The molecule has 0 bridgehead atoms. The van der Waals surface area contributed by atoms with Crippen molar-refractivity contribution in [1.82, 2.24) is 4.57 Å². The maximum atomic E-state index is 5.44. The van der Waals surface area contributed by atoms with Crippen molar-refractivity contribution in [3.63, 3.8) is 0 Å². The summed E-state index contributed by atoms with van der Waals surface area (Å²) >= 11 is 0. The van der Waals surface area contributed by atoms with Crippen LogP contribution in [0, 0.1) is 0 Å². The summed E-state index contributed by atoms with van der Waals surface area (Å²) in [4.78, 5) is 0. The quantitative estimate of drug-likeness (QED) is 0.912. The second-order valence-electron chi connectivity index (χ2n) is 6.20. The van der Waals surface area contributed by atoms with E-state index in [2.05, 4.69) is 61.2 Å². The van der Waals surface area contributed by atoms with Crippen molar-refractivity contribution >= 4 is 5.69 Å². The molecular weight excluding hydrogens is 248 g/mol. The zero-order valence-electron chi connectivity index (χ0n) is 13.0. The molecule has 0 fully saturated rings. The highest BCUT2D eigenvalue weighted by Gasteiger charge is 2.15. The Labute approximate surface area is 121 Å². The van der Waals surface area contributed by atoms with E-state index in [-0.39, 0.29) is 5.41 Å². The summed E-state index contributed by atoms with van der Waals surface area (Å²) in [5, 5.41) is 3.47. The second-order valence-corrected chi connectivity index (χ2v) is 6.20. The van der Waals surface area contributed by atoms with Crippen LogP contribution in [-0.4, -0.2) is 11.7 Å². The molecule has 2 rings (SSSR count). The first-order chi connectivity index (χ1) is 9.40. The zero-order valence-corrected chi connectivity index (χ0v) is 13.0. The number of benzene rings is 1. The van der Waals surface area contributed by atoms with Crippen LogP contribution in [-0.2, 0) is 19.0 Å². The topological polar surface area (TPSA) is 26.2 Å². The minimum absolute atomic E-state index is 0.134. The fraction of sp³-hybridized carbons (Fsp3) is 0.412. The van der Waals surface area contributed by atoms with Gasteiger partial charge in [-0.3, -0.25) is 0 Å². The van der Waals surface area contributed by atoms with E-state index in [0.717, 1.165) is 18.0 Å². The summed E-state index contributed by atoms with van der Waals surface area (Å²) in [6.07, 6.45) is 4.17. The molecule has 0 aliphatic rings. The normalized spacial score (nSPS) is 11.4. The highest BCUT2D eigenvalue weighted by molar-refractivity contribution is 5.59. The monoisotopic (exact) mass is 272 g/mol. The van der Waals surface area contributed by atoms with Gasteiger partial charge in [0.1, 0.15) is 5.75 Å². The lowest BCUT2D eigenvalue weighted by atomic mass is 9.87. The number of hydrogen-bond acceptors (Lipinski definition) is 2. The van der Waals surface area contributed by atoms with Crippen LogP contribution in [0.1, 0.15) is 31.9 Å². The van der Waals surface area contributed by atoms with Gasteiger partial charge in [-0.2, -0.15) is 0 Å². The third kappa shape index (κ3) is 3.35. The molecule has 2 aromatic rings. The van der Waals surface area contributed by atoms with E-state index in [1.165, 1.54) is 11.1 Å². The predicted molar refractivity (Wildman–Crippen MR) is 84.4 cm³/mol. The SMILES string of the molecule is COc1ccc(C(C)(C)C)cc1NCc1ccn(C)c1. The highest BCUT2D eigenvalue weighted by Crippen LogP contribution is 2.31. The molecule has 0 amide bonds. The number of ether oxygens (including phenoxy) is 1. The molecule has 0 saturated carbocycles. The third-order valence-electron chi connectivity index (χ3n) is 3.44. The summed E-state index contributed by atoms with van der Waals surface area (Å²) < 4.78 is 7.49. The number of methoxy groups -OCH3 is 1. The van der Waals surface area contributed by atoms with Crippen LogP contribution < -0.4 is 10.1 Å². The minimum atomic E-state index is 0.134. The summed E-state index contributed by atoms with van der Waals surface area (Å²) in [5.74, 6) is 0.883. The number of rotatable bonds is 4. The summed E-state index contributed by atoms with van der Waals surface area (Å²) in [7, 11) is 3.74. The van der Waals surface area contributed by atoms with E-state index in [9.17, 15) is 0 Å². The number of hydrogen-bond donors (Lipinski definition) is 1. The number of aryl methyl sites for hydroxylation is 1. The van der Waals surface area contributed by atoms with Gasteiger partial charge in [0.15, 0.2) is 0 Å². The van der Waals surface area contributed by atoms with E-state index in [1.54, 1.807) is 7.11 Å². The molecular formula is C17H24N2O. The molecule has 1 aromatic carbocycles. The van der Waals surface area contributed by atoms with Crippen LogP contribution in [0.5, 0.6) is 5.75 Å². The Morgan fingerprint density at radius 2 is 1.95 bits per heavy atom. The first kappa shape index (κ1) is 14.5. The van der Waals surface area contributed by atoms with E-state index in [4.69, 9.17) is 4.74 Å². The molecule has 3 nitrogen and oxygen atoms in total. The lowest BCUT2D eigenvalue weighted by molar-refractivity contribution is 0.416. The minimum Gasteiger partial charge on any atom is -0.495 e. The second kappa shape index (κ2) is 5.61. The van der Waals surface area contributed by atoms with Gasteiger partial charge in [0, 0.05) is 26.0 Å². The molecule has 0 saturated heterocycles. The molecule has 20 heavy (non-hydrogen) atoms. The smallest absolute Gasteiger partial charge is 0.141 e. The fourth-order valence-corrected chi connectivity index (χ4v) is 2.18. The van der Waals surface area contributed by atoms with Crippen LogP contribution in [0.25, 0.3) is 0 Å². The largest absolute Gasteiger partial charge is 0.495 e. The van der Waals surface area contributed by atoms with Crippen molar-refractivity contribution in [3.8, 4) is 5.75 Å². The zero-order chi connectivity index (χ0) is 14.8. The highest BCUT2D eigenvalue weighted by atomic mass is 16.5. The Morgan fingerprint density at radius 1 is 1.20 bits per heavy atom. The molecule has 1 N–H and O–H groups in total.